The van der Waals surface area contributed by atoms with E-state index in [-0.39, 0.29) is 42.2 Å². The first kappa shape index (κ1) is 24.6. The Labute approximate surface area is 168 Å². The van der Waals surface area contributed by atoms with Crippen molar-refractivity contribution in [1.82, 2.24) is 25.4 Å². The SMILES string of the molecule is CNCCNC(=O)c1cc(C(C)C)nc2c1c(C)nn2C(C)(C)C.Cl.Cl. The molecular formula is C18H31Cl2N5O. The Morgan fingerprint density at radius 2 is 1.85 bits per heavy atom. The predicted octanol–water partition coefficient (Wildman–Crippen LogP) is 3.41. The summed E-state index contributed by atoms with van der Waals surface area (Å²) in [6, 6.07) is 1.91. The normalized spacial score (nSPS) is 11.2. The number of fused-ring (bicyclic) bond motifs is 1. The van der Waals surface area contributed by atoms with Gasteiger partial charge in [0, 0.05) is 18.8 Å². The number of carbonyl (C=O) groups is 1. The van der Waals surface area contributed by atoms with Crippen LogP contribution >= 0.6 is 24.8 Å². The molecule has 2 heterocycles. The molecule has 1 amide bonds. The van der Waals surface area contributed by atoms with Gasteiger partial charge in [0.2, 0.25) is 0 Å². The van der Waals surface area contributed by atoms with Crippen molar-refractivity contribution in [2.24, 2.45) is 0 Å². The lowest BCUT2D eigenvalue weighted by atomic mass is 10.0. The fourth-order valence-corrected chi connectivity index (χ4v) is 2.65. The van der Waals surface area contributed by atoms with E-state index in [0.717, 1.165) is 29.0 Å². The number of likely N-dealkylation sites (N-methyl/N-ethyl adjacent to an activating group) is 1. The topological polar surface area (TPSA) is 71.8 Å². The monoisotopic (exact) mass is 403 g/mol. The number of carbonyl (C=O) groups excluding carboxylic acids is 1. The second-order valence-electron chi connectivity index (χ2n) is 7.48. The number of aromatic nitrogens is 3. The molecule has 0 unspecified atom stereocenters. The van der Waals surface area contributed by atoms with Gasteiger partial charge in [-0.1, -0.05) is 13.8 Å². The van der Waals surface area contributed by atoms with E-state index >= 15 is 0 Å². The van der Waals surface area contributed by atoms with Crippen molar-refractivity contribution in [3.63, 3.8) is 0 Å². The Bertz CT molecular complexity index is 750. The summed E-state index contributed by atoms with van der Waals surface area (Å²) in [5.74, 6) is 0.165. The van der Waals surface area contributed by atoms with E-state index in [2.05, 4.69) is 50.4 Å². The van der Waals surface area contributed by atoms with Gasteiger partial charge in [0.25, 0.3) is 5.91 Å². The first-order valence-electron chi connectivity index (χ1n) is 8.50. The molecule has 8 heteroatoms. The van der Waals surface area contributed by atoms with E-state index in [1.54, 1.807) is 0 Å². The first-order valence-corrected chi connectivity index (χ1v) is 8.50. The molecule has 0 aliphatic rings. The van der Waals surface area contributed by atoms with E-state index in [1.165, 1.54) is 0 Å². The molecule has 0 aliphatic heterocycles. The molecule has 0 radical (unpaired) electrons. The molecule has 0 aromatic carbocycles. The molecule has 6 nitrogen and oxygen atoms in total. The Morgan fingerprint density at radius 1 is 1.23 bits per heavy atom. The summed E-state index contributed by atoms with van der Waals surface area (Å²) in [4.78, 5) is 17.5. The molecule has 2 aromatic rings. The van der Waals surface area contributed by atoms with Gasteiger partial charge in [-0.05, 0) is 46.7 Å². The van der Waals surface area contributed by atoms with E-state index < -0.39 is 0 Å². The summed E-state index contributed by atoms with van der Waals surface area (Å²) < 4.78 is 1.92. The third kappa shape index (κ3) is 5.09. The molecule has 2 aromatic heterocycles. The molecule has 0 spiro atoms. The lowest BCUT2D eigenvalue weighted by Crippen LogP contribution is -2.30. The molecule has 2 N–H and O–H groups in total. The molecular weight excluding hydrogens is 373 g/mol. The number of aryl methyl sites for hydroxylation is 1. The van der Waals surface area contributed by atoms with Crippen molar-refractivity contribution in [3.8, 4) is 0 Å². The zero-order valence-electron chi connectivity index (χ0n) is 16.6. The van der Waals surface area contributed by atoms with Crippen molar-refractivity contribution < 1.29 is 4.79 Å². The summed E-state index contributed by atoms with van der Waals surface area (Å²) in [5.41, 5.74) is 2.99. The lowest BCUT2D eigenvalue weighted by molar-refractivity contribution is 0.0955. The lowest BCUT2D eigenvalue weighted by Gasteiger charge is -2.20. The number of nitrogens with zero attached hydrogens (tertiary/aromatic N) is 3. The highest BCUT2D eigenvalue weighted by molar-refractivity contribution is 6.06. The summed E-state index contributed by atoms with van der Waals surface area (Å²) in [6.07, 6.45) is 0. The zero-order valence-corrected chi connectivity index (χ0v) is 18.3. The van der Waals surface area contributed by atoms with Crippen LogP contribution in [-0.2, 0) is 5.54 Å². The fourth-order valence-electron chi connectivity index (χ4n) is 2.65. The van der Waals surface area contributed by atoms with Crippen LogP contribution in [0.2, 0.25) is 0 Å². The minimum atomic E-state index is -0.199. The molecule has 0 fully saturated rings. The summed E-state index contributed by atoms with van der Waals surface area (Å²) >= 11 is 0. The minimum Gasteiger partial charge on any atom is -0.351 e. The van der Waals surface area contributed by atoms with Crippen molar-refractivity contribution in [3.05, 3.63) is 23.0 Å². The van der Waals surface area contributed by atoms with Crippen LogP contribution in [0.5, 0.6) is 0 Å². The summed E-state index contributed by atoms with van der Waals surface area (Å²) in [7, 11) is 1.87. The van der Waals surface area contributed by atoms with Crippen LogP contribution in [-0.4, -0.2) is 40.8 Å². The zero-order chi connectivity index (χ0) is 18.1. The number of pyridine rings is 1. The maximum atomic E-state index is 12.7. The Kier molecular flexibility index (Phi) is 9.03. The van der Waals surface area contributed by atoms with E-state index in [0.29, 0.717) is 12.1 Å². The molecule has 2 rings (SSSR count). The third-order valence-electron chi connectivity index (χ3n) is 3.96. The molecule has 148 valence electrons. The number of nitrogens with one attached hydrogen (secondary N) is 2. The maximum Gasteiger partial charge on any atom is 0.252 e. The first-order chi connectivity index (χ1) is 11.2. The van der Waals surface area contributed by atoms with Gasteiger partial charge < -0.3 is 10.6 Å². The van der Waals surface area contributed by atoms with Crippen LogP contribution in [0.15, 0.2) is 6.07 Å². The molecule has 0 saturated carbocycles. The van der Waals surface area contributed by atoms with Crippen LogP contribution in [0, 0.1) is 6.92 Å². The largest absolute Gasteiger partial charge is 0.351 e. The van der Waals surface area contributed by atoms with Gasteiger partial charge in [-0.25, -0.2) is 9.67 Å². The van der Waals surface area contributed by atoms with Crippen molar-refractivity contribution in [1.29, 1.82) is 0 Å². The molecule has 0 bridgehead atoms. The van der Waals surface area contributed by atoms with Gasteiger partial charge in [-0.15, -0.1) is 24.8 Å². The van der Waals surface area contributed by atoms with Crippen LogP contribution in [0.4, 0.5) is 0 Å². The molecule has 0 saturated heterocycles. The van der Waals surface area contributed by atoms with Crippen LogP contribution in [0.1, 0.15) is 62.3 Å². The number of hydrogen-bond donors (Lipinski definition) is 2. The predicted molar refractivity (Wildman–Crippen MR) is 112 cm³/mol. The molecule has 0 atom stereocenters. The average Bonchev–Trinajstić information content (AvgIpc) is 2.84. The van der Waals surface area contributed by atoms with Gasteiger partial charge in [0.05, 0.1) is 22.2 Å². The molecule has 0 aliphatic carbocycles. The number of amides is 1. The van der Waals surface area contributed by atoms with Gasteiger partial charge in [-0.2, -0.15) is 5.10 Å². The Hall–Kier alpha value is -1.37. The van der Waals surface area contributed by atoms with Crippen molar-refractivity contribution in [2.45, 2.75) is 53.0 Å². The van der Waals surface area contributed by atoms with Crippen LogP contribution < -0.4 is 10.6 Å². The van der Waals surface area contributed by atoms with Crippen LogP contribution in [0.25, 0.3) is 11.0 Å². The van der Waals surface area contributed by atoms with Crippen LogP contribution in [0.3, 0.4) is 0 Å². The Morgan fingerprint density at radius 3 is 2.35 bits per heavy atom. The summed E-state index contributed by atoms with van der Waals surface area (Å²) in [6.45, 7) is 13.7. The number of halogens is 2. The summed E-state index contributed by atoms with van der Waals surface area (Å²) in [5, 5.41) is 11.5. The second kappa shape index (κ2) is 9.53. The third-order valence-corrected chi connectivity index (χ3v) is 3.96. The fraction of sp³-hybridized carbons (Fsp3) is 0.611. The Balaban J connectivity index is 0.00000312. The number of rotatable bonds is 5. The minimum absolute atomic E-state index is 0. The van der Waals surface area contributed by atoms with Gasteiger partial charge in [-0.3, -0.25) is 4.79 Å². The number of hydrogen-bond acceptors (Lipinski definition) is 4. The van der Waals surface area contributed by atoms with E-state index in [1.807, 2.05) is 24.7 Å². The highest BCUT2D eigenvalue weighted by atomic mass is 35.5. The molecule has 26 heavy (non-hydrogen) atoms. The van der Waals surface area contributed by atoms with Gasteiger partial charge in [0.15, 0.2) is 5.65 Å². The van der Waals surface area contributed by atoms with Crippen molar-refractivity contribution in [2.75, 3.05) is 20.1 Å². The quantitative estimate of drug-likeness (QED) is 0.750. The van der Waals surface area contributed by atoms with Gasteiger partial charge in [0.1, 0.15) is 0 Å². The standard InChI is InChI=1S/C18H29N5O.2ClH/c1-11(2)14-10-13(17(24)20-9-8-19-7)15-12(3)22-23(16(15)21-14)18(4,5)6;;/h10-11,19H,8-9H2,1-7H3,(H,20,24);2*1H. The smallest absolute Gasteiger partial charge is 0.252 e. The maximum absolute atomic E-state index is 12.7. The van der Waals surface area contributed by atoms with E-state index in [9.17, 15) is 4.79 Å². The van der Waals surface area contributed by atoms with E-state index in [4.69, 9.17) is 4.98 Å². The highest BCUT2D eigenvalue weighted by Gasteiger charge is 2.25. The van der Waals surface area contributed by atoms with Gasteiger partial charge >= 0.3 is 0 Å². The average molecular weight is 404 g/mol. The highest BCUT2D eigenvalue weighted by Crippen LogP contribution is 2.28. The second-order valence-corrected chi connectivity index (χ2v) is 7.48. The van der Waals surface area contributed by atoms with Crippen molar-refractivity contribution >= 4 is 41.8 Å².